The number of thiocarbonyl (C=S) groups is 1. The van der Waals surface area contributed by atoms with Crippen molar-refractivity contribution >= 4 is 17.3 Å². The Morgan fingerprint density at radius 1 is 0.941 bits per heavy atom. The third-order valence-corrected chi connectivity index (χ3v) is 3.03. The molecule has 0 aliphatic rings. The quantitative estimate of drug-likeness (QED) is 0.460. The van der Waals surface area contributed by atoms with Crippen LogP contribution in [0.25, 0.3) is 0 Å². The lowest BCUT2D eigenvalue weighted by molar-refractivity contribution is 0.581. The van der Waals surface area contributed by atoms with E-state index in [4.69, 9.17) is 12.2 Å². The number of nitrogens with one attached hydrogen (secondary N) is 2. The van der Waals surface area contributed by atoms with Gasteiger partial charge < -0.3 is 10.6 Å². The molecule has 0 bridgehead atoms. The molecule has 0 saturated heterocycles. The van der Waals surface area contributed by atoms with Crippen LogP contribution < -0.4 is 10.6 Å². The molecule has 0 radical (unpaired) electrons. The van der Waals surface area contributed by atoms with Crippen molar-refractivity contribution in [1.82, 2.24) is 10.6 Å². The molecule has 2 nitrogen and oxygen atoms in total. The van der Waals surface area contributed by atoms with E-state index >= 15 is 0 Å². The third-order valence-electron chi connectivity index (χ3n) is 2.74. The van der Waals surface area contributed by atoms with Gasteiger partial charge in [-0.1, -0.05) is 59.3 Å². The van der Waals surface area contributed by atoms with Gasteiger partial charge in [-0.3, -0.25) is 0 Å². The van der Waals surface area contributed by atoms with Gasteiger partial charge in [0.25, 0.3) is 0 Å². The molecule has 0 aliphatic heterocycles. The highest BCUT2D eigenvalue weighted by molar-refractivity contribution is 7.80. The summed E-state index contributed by atoms with van der Waals surface area (Å²) in [4.78, 5) is 0. The van der Waals surface area contributed by atoms with Crippen molar-refractivity contribution in [2.75, 3.05) is 13.1 Å². The van der Waals surface area contributed by atoms with Crippen LogP contribution in [0.3, 0.4) is 0 Å². The highest BCUT2D eigenvalue weighted by atomic mass is 32.1. The predicted octanol–water partition coefficient (Wildman–Crippen LogP) is 3.86. The molecule has 0 spiro atoms. The fourth-order valence-electron chi connectivity index (χ4n) is 1.64. The van der Waals surface area contributed by atoms with Crippen LogP contribution in [0.4, 0.5) is 0 Å². The molecule has 0 saturated carbocycles. The van der Waals surface area contributed by atoms with Gasteiger partial charge in [0.15, 0.2) is 5.11 Å². The van der Waals surface area contributed by atoms with Gasteiger partial charge >= 0.3 is 0 Å². The van der Waals surface area contributed by atoms with Crippen LogP contribution in [0.5, 0.6) is 0 Å². The lowest BCUT2D eigenvalue weighted by Gasteiger charge is -2.11. The Balaban J connectivity index is 3.14. The third kappa shape index (κ3) is 13.6. The summed E-state index contributed by atoms with van der Waals surface area (Å²) >= 11 is 5.19. The van der Waals surface area contributed by atoms with E-state index in [1.807, 2.05) is 0 Å². The molecular formula is C14H30N2S. The Morgan fingerprint density at radius 2 is 1.53 bits per heavy atom. The van der Waals surface area contributed by atoms with E-state index in [0.717, 1.165) is 18.2 Å². The molecule has 0 aromatic heterocycles. The zero-order valence-electron chi connectivity index (χ0n) is 11.8. The van der Waals surface area contributed by atoms with Crippen LogP contribution in [0, 0.1) is 5.92 Å². The molecule has 3 heteroatoms. The molecule has 0 unspecified atom stereocenters. The second-order valence-corrected chi connectivity index (χ2v) is 5.56. The summed E-state index contributed by atoms with van der Waals surface area (Å²) in [5, 5.41) is 7.29. The zero-order valence-corrected chi connectivity index (χ0v) is 12.7. The van der Waals surface area contributed by atoms with Crippen molar-refractivity contribution in [3.8, 4) is 0 Å². The minimum atomic E-state index is 0.647. The molecule has 2 N–H and O–H groups in total. The Labute approximate surface area is 113 Å². The highest BCUT2D eigenvalue weighted by Gasteiger charge is 1.97. The summed E-state index contributed by atoms with van der Waals surface area (Å²) in [5.41, 5.74) is 0. The average molecular weight is 258 g/mol. The Kier molecular flexibility index (Phi) is 11.9. The molecule has 17 heavy (non-hydrogen) atoms. The zero-order chi connectivity index (χ0) is 12.9. The SMILES string of the molecule is CCCCCCCCCNC(=S)NCC(C)C. The normalized spacial score (nSPS) is 10.6. The van der Waals surface area contributed by atoms with Gasteiger partial charge in [0.1, 0.15) is 0 Å². The number of hydrogen-bond acceptors (Lipinski definition) is 1. The minimum absolute atomic E-state index is 0.647. The molecule has 0 heterocycles. The Hall–Kier alpha value is -0.310. The average Bonchev–Trinajstić information content (AvgIpc) is 2.30. The van der Waals surface area contributed by atoms with Gasteiger partial charge in [0.2, 0.25) is 0 Å². The van der Waals surface area contributed by atoms with E-state index < -0.39 is 0 Å². The first-order valence-electron chi connectivity index (χ1n) is 7.18. The summed E-state index contributed by atoms with van der Waals surface area (Å²) < 4.78 is 0. The van der Waals surface area contributed by atoms with Gasteiger partial charge in [-0.05, 0) is 24.6 Å². The maximum Gasteiger partial charge on any atom is 0.166 e. The summed E-state index contributed by atoms with van der Waals surface area (Å²) in [6.07, 6.45) is 9.44. The summed E-state index contributed by atoms with van der Waals surface area (Å²) in [6.45, 7) is 8.60. The molecule has 0 rings (SSSR count). The van der Waals surface area contributed by atoms with Crippen LogP contribution in [-0.4, -0.2) is 18.2 Å². The van der Waals surface area contributed by atoms with Crippen LogP contribution in [0.15, 0.2) is 0 Å². The van der Waals surface area contributed by atoms with Crippen LogP contribution in [0.1, 0.15) is 65.7 Å². The molecule has 102 valence electrons. The summed E-state index contributed by atoms with van der Waals surface area (Å²) in [7, 11) is 0. The van der Waals surface area contributed by atoms with Gasteiger partial charge in [-0.25, -0.2) is 0 Å². The van der Waals surface area contributed by atoms with E-state index in [1.54, 1.807) is 0 Å². The van der Waals surface area contributed by atoms with Crippen molar-refractivity contribution in [1.29, 1.82) is 0 Å². The minimum Gasteiger partial charge on any atom is -0.363 e. The largest absolute Gasteiger partial charge is 0.363 e. The summed E-state index contributed by atoms with van der Waals surface area (Å²) in [5.74, 6) is 0.647. The molecule has 0 aliphatic carbocycles. The van der Waals surface area contributed by atoms with Crippen molar-refractivity contribution in [3.05, 3.63) is 0 Å². The molecule has 0 amide bonds. The molecule has 0 atom stereocenters. The first kappa shape index (κ1) is 16.7. The standard InChI is InChI=1S/C14H30N2S/c1-4-5-6-7-8-9-10-11-15-14(17)16-12-13(2)3/h13H,4-12H2,1-3H3,(H2,15,16,17). The second-order valence-electron chi connectivity index (χ2n) is 5.15. The van der Waals surface area contributed by atoms with Gasteiger partial charge in [0, 0.05) is 13.1 Å². The molecular weight excluding hydrogens is 228 g/mol. The molecule has 0 aromatic rings. The van der Waals surface area contributed by atoms with Crippen LogP contribution in [0.2, 0.25) is 0 Å². The smallest absolute Gasteiger partial charge is 0.166 e. The van der Waals surface area contributed by atoms with E-state index in [2.05, 4.69) is 31.4 Å². The van der Waals surface area contributed by atoms with Crippen molar-refractivity contribution < 1.29 is 0 Å². The van der Waals surface area contributed by atoms with Crippen LogP contribution >= 0.6 is 12.2 Å². The van der Waals surface area contributed by atoms with Crippen molar-refractivity contribution in [3.63, 3.8) is 0 Å². The van der Waals surface area contributed by atoms with E-state index in [0.29, 0.717) is 5.92 Å². The van der Waals surface area contributed by atoms with Crippen LogP contribution in [-0.2, 0) is 0 Å². The topological polar surface area (TPSA) is 24.1 Å². The monoisotopic (exact) mass is 258 g/mol. The van der Waals surface area contributed by atoms with E-state index in [1.165, 1.54) is 44.9 Å². The van der Waals surface area contributed by atoms with Gasteiger partial charge in [-0.2, -0.15) is 0 Å². The lowest BCUT2D eigenvalue weighted by Crippen LogP contribution is -2.37. The first-order chi connectivity index (χ1) is 8.16. The van der Waals surface area contributed by atoms with E-state index in [9.17, 15) is 0 Å². The molecule has 0 aromatic carbocycles. The van der Waals surface area contributed by atoms with Gasteiger partial charge in [0.05, 0.1) is 0 Å². The maximum absolute atomic E-state index is 5.19. The highest BCUT2D eigenvalue weighted by Crippen LogP contribution is 2.06. The predicted molar refractivity (Wildman–Crippen MR) is 81.4 cm³/mol. The number of unbranched alkanes of at least 4 members (excludes halogenated alkanes) is 6. The molecule has 0 fully saturated rings. The summed E-state index contributed by atoms with van der Waals surface area (Å²) in [6, 6.07) is 0. The lowest BCUT2D eigenvalue weighted by atomic mass is 10.1. The number of rotatable bonds is 10. The Bertz CT molecular complexity index is 181. The van der Waals surface area contributed by atoms with Crippen molar-refractivity contribution in [2.45, 2.75) is 65.7 Å². The second kappa shape index (κ2) is 12.2. The van der Waals surface area contributed by atoms with Crippen molar-refractivity contribution in [2.24, 2.45) is 5.92 Å². The fraction of sp³-hybridized carbons (Fsp3) is 0.929. The van der Waals surface area contributed by atoms with Gasteiger partial charge in [-0.15, -0.1) is 0 Å². The Morgan fingerprint density at radius 3 is 2.12 bits per heavy atom. The fourth-order valence-corrected chi connectivity index (χ4v) is 1.83. The number of hydrogen-bond donors (Lipinski definition) is 2. The first-order valence-corrected chi connectivity index (χ1v) is 7.59. The van der Waals surface area contributed by atoms with E-state index in [-0.39, 0.29) is 0 Å². The maximum atomic E-state index is 5.19.